The zero-order valence-electron chi connectivity index (χ0n) is 25.4. The van der Waals surface area contributed by atoms with Crippen LogP contribution in [0, 0.1) is 12.3 Å². The second-order valence-electron chi connectivity index (χ2n) is 12.9. The van der Waals surface area contributed by atoms with Crippen LogP contribution < -0.4 is 19.5 Å². The molecular weight excluding hydrogens is 606 g/mol. The first-order valence-corrected chi connectivity index (χ1v) is 16.1. The van der Waals surface area contributed by atoms with Gasteiger partial charge in [0.05, 0.1) is 5.41 Å². The number of carbonyl (C=O) groups excluding carboxylic acids is 1. The first-order valence-electron chi connectivity index (χ1n) is 14.7. The smallest absolute Gasteiger partial charge is 0.396 e. The van der Waals surface area contributed by atoms with E-state index in [1.165, 1.54) is 18.2 Å². The summed E-state index contributed by atoms with van der Waals surface area (Å²) in [7, 11) is -4.70. The van der Waals surface area contributed by atoms with Gasteiger partial charge in [-0.1, -0.05) is 45.0 Å². The van der Waals surface area contributed by atoms with Gasteiger partial charge in [-0.2, -0.15) is 13.8 Å². The Bertz CT molecular complexity index is 1860. The maximum Gasteiger partial charge on any atom is 0.586 e. The van der Waals surface area contributed by atoms with Gasteiger partial charge in [-0.25, -0.2) is 0 Å². The molecule has 0 unspecified atom stereocenters. The minimum absolute atomic E-state index is 0.0968. The number of carbonyl (C=O) groups is 1. The van der Waals surface area contributed by atoms with Gasteiger partial charge in [0.1, 0.15) is 10.6 Å². The number of alkyl halides is 2. The number of fused-ring (bicyclic) bond motifs is 2. The van der Waals surface area contributed by atoms with Crippen molar-refractivity contribution in [1.29, 1.82) is 0 Å². The number of allylic oxidation sites excluding steroid dienone is 1. The van der Waals surface area contributed by atoms with Crippen LogP contribution >= 0.6 is 0 Å². The van der Waals surface area contributed by atoms with Gasteiger partial charge in [-0.15, -0.1) is 13.4 Å². The molecule has 9 nitrogen and oxygen atoms in total. The summed E-state index contributed by atoms with van der Waals surface area (Å²) < 4.78 is 72.3. The van der Waals surface area contributed by atoms with E-state index in [1.807, 2.05) is 58.0 Å². The van der Waals surface area contributed by atoms with E-state index in [-0.39, 0.29) is 46.0 Å². The molecule has 0 bridgehead atoms. The number of nitrogens with zero attached hydrogens (tertiary/aromatic N) is 1. The number of benzene rings is 3. The lowest BCUT2D eigenvalue weighted by molar-refractivity contribution is -0.286. The van der Waals surface area contributed by atoms with Gasteiger partial charge in [-0.3, -0.25) is 9.35 Å². The topological polar surface area (TPSA) is 122 Å². The molecule has 1 fully saturated rings. The number of amides is 1. The molecule has 2 heterocycles. The number of aryl methyl sites for hydroxylation is 1. The molecule has 12 heteroatoms. The van der Waals surface area contributed by atoms with Crippen LogP contribution in [0.15, 0.2) is 65.2 Å². The normalized spacial score (nSPS) is 20.8. The third-order valence-electron chi connectivity index (χ3n) is 8.77. The van der Waals surface area contributed by atoms with Crippen molar-refractivity contribution in [2.75, 3.05) is 6.61 Å². The number of aliphatic hydroxyl groups is 1. The Morgan fingerprint density at radius 2 is 1.73 bits per heavy atom. The summed E-state index contributed by atoms with van der Waals surface area (Å²) in [5.74, 6) is -0.684. The van der Waals surface area contributed by atoms with Gasteiger partial charge in [0.25, 0.3) is 16.0 Å². The highest BCUT2D eigenvalue weighted by Crippen LogP contribution is 2.57. The van der Waals surface area contributed by atoms with Gasteiger partial charge in [0.2, 0.25) is 0 Å². The van der Waals surface area contributed by atoms with E-state index in [9.17, 15) is 31.7 Å². The fourth-order valence-electron chi connectivity index (χ4n) is 6.64. The molecule has 0 radical (unpaired) electrons. The van der Waals surface area contributed by atoms with E-state index in [0.717, 1.165) is 11.3 Å². The summed E-state index contributed by atoms with van der Waals surface area (Å²) in [6.45, 7) is 7.55. The Labute approximate surface area is 260 Å². The Morgan fingerprint density at radius 1 is 1.04 bits per heavy atom. The number of nitrogens with one attached hydrogen (secondary N) is 1. The monoisotopic (exact) mass is 641 g/mol. The number of para-hydroxylation sites is 1. The molecule has 3 aliphatic rings. The fourth-order valence-corrected chi connectivity index (χ4v) is 7.39. The van der Waals surface area contributed by atoms with Crippen LogP contribution in [-0.2, 0) is 26.7 Å². The molecule has 1 amide bonds. The first-order chi connectivity index (χ1) is 21.0. The first kappa shape index (κ1) is 31.2. The average Bonchev–Trinajstić information content (AvgIpc) is 3.61. The van der Waals surface area contributed by atoms with Crippen molar-refractivity contribution < 1.29 is 41.1 Å². The van der Waals surface area contributed by atoms with Gasteiger partial charge >= 0.3 is 6.29 Å². The van der Waals surface area contributed by atoms with Crippen LogP contribution in [-0.4, -0.2) is 36.9 Å². The van der Waals surface area contributed by atoms with E-state index in [0.29, 0.717) is 35.3 Å². The zero-order chi connectivity index (χ0) is 32.6. The zero-order valence-corrected chi connectivity index (χ0v) is 26.2. The highest BCUT2D eigenvalue weighted by atomic mass is 32.2. The quantitative estimate of drug-likeness (QED) is 0.195. The van der Waals surface area contributed by atoms with Crippen molar-refractivity contribution in [3.05, 3.63) is 82.5 Å². The Morgan fingerprint density at radius 3 is 2.38 bits per heavy atom. The van der Waals surface area contributed by atoms with Crippen LogP contribution in [0.5, 0.6) is 11.5 Å². The fraction of sp³-hybridized carbons (Fsp3) is 0.364. The van der Waals surface area contributed by atoms with Gasteiger partial charge < -0.3 is 14.6 Å². The summed E-state index contributed by atoms with van der Waals surface area (Å²) in [4.78, 5) is 14.4. The van der Waals surface area contributed by atoms with Crippen LogP contribution in [0.25, 0.3) is 6.08 Å². The molecule has 2 aliphatic heterocycles. The highest BCUT2D eigenvalue weighted by Gasteiger charge is 2.59. The molecule has 0 saturated heterocycles. The van der Waals surface area contributed by atoms with Crippen LogP contribution in [0.2, 0.25) is 0 Å². The van der Waals surface area contributed by atoms with Gasteiger partial charge in [0.15, 0.2) is 22.9 Å². The van der Waals surface area contributed by atoms with Crippen molar-refractivity contribution in [3.63, 3.8) is 0 Å². The van der Waals surface area contributed by atoms with E-state index < -0.39 is 33.1 Å². The predicted octanol–water partition coefficient (Wildman–Crippen LogP) is 6.29. The highest BCUT2D eigenvalue weighted by molar-refractivity contribution is 7.85. The predicted molar refractivity (Wildman–Crippen MR) is 163 cm³/mol. The maximum absolute atomic E-state index is 14.7. The van der Waals surface area contributed by atoms with Crippen molar-refractivity contribution in [3.8, 4) is 11.5 Å². The second-order valence-corrected chi connectivity index (χ2v) is 14.3. The minimum Gasteiger partial charge on any atom is -0.396 e. The summed E-state index contributed by atoms with van der Waals surface area (Å²) in [6.07, 6.45) is -0.651. The molecule has 6 rings (SSSR count). The Kier molecular flexibility index (Phi) is 7.16. The molecule has 1 atom stereocenters. The molecule has 3 aromatic carbocycles. The van der Waals surface area contributed by atoms with Crippen molar-refractivity contribution >= 4 is 33.5 Å². The lowest BCUT2D eigenvalue weighted by Crippen LogP contribution is -2.61. The Balaban J connectivity index is 1.59. The number of quaternary nitrogens is 1. The largest absolute Gasteiger partial charge is 0.586 e. The van der Waals surface area contributed by atoms with Crippen molar-refractivity contribution in [2.24, 2.45) is 5.41 Å². The Hall–Kier alpha value is -3.84. The third kappa shape index (κ3) is 5.09. The number of hydrogen-bond donors (Lipinski definition) is 3. The number of hydrogen-bond acceptors (Lipinski definition) is 6. The molecule has 1 saturated carbocycles. The third-order valence-corrected chi connectivity index (χ3v) is 9.71. The van der Waals surface area contributed by atoms with Gasteiger partial charge in [0, 0.05) is 40.9 Å². The molecular formula is C33H35F2N2O7S+. The number of ether oxygens (including phenoxy) is 2. The second kappa shape index (κ2) is 10.3. The van der Waals surface area contributed by atoms with Gasteiger partial charge in [-0.05, 0) is 62.4 Å². The number of halogens is 2. The lowest BCUT2D eigenvalue weighted by atomic mass is 9.89. The van der Waals surface area contributed by atoms with Crippen LogP contribution in [0.3, 0.4) is 0 Å². The summed E-state index contributed by atoms with van der Waals surface area (Å²) in [6, 6.07) is 14.8. The summed E-state index contributed by atoms with van der Waals surface area (Å²) in [5.41, 5.74) is 5.71. The molecule has 3 aromatic rings. The molecule has 238 valence electrons. The lowest BCUT2D eigenvalue weighted by Gasteiger charge is -2.42. The molecule has 0 aromatic heterocycles. The molecule has 1 aliphatic carbocycles. The van der Waals surface area contributed by atoms with E-state index in [2.05, 4.69) is 14.9 Å². The standard InChI is InChI=1S/C33H34F2N2O7S/c1-20-11-14-27(45(40,41)42)23(9-7-17-38)29(20)37(24-10-6-5-8-21(24)18-28(37)31(2,3)4)36-30(39)32(15-16-32)22-12-13-25-26(19-22)44-33(34,35)43-25/h5-6,8,10-14,18-19,38H,7,9,15-17H2,1-4H3,(H-,36,39,40,41,42)/p+1/t37-/m1/s1. The summed E-state index contributed by atoms with van der Waals surface area (Å²) >= 11 is 0. The molecule has 0 spiro atoms. The molecule has 3 N–H and O–H groups in total. The number of rotatable bonds is 8. The van der Waals surface area contributed by atoms with E-state index >= 15 is 0 Å². The van der Waals surface area contributed by atoms with Crippen molar-refractivity contribution in [2.45, 2.75) is 70.0 Å². The van der Waals surface area contributed by atoms with Crippen molar-refractivity contribution in [1.82, 2.24) is 10.0 Å². The maximum atomic E-state index is 14.7. The SMILES string of the molecule is Cc1ccc(S(=O)(=O)O)c(CCCO)c1[N@+]1(NC(=O)C2(c3ccc4c(c3)OC(F)(F)O4)CC2)C(C(C)(C)C)=Cc2ccccc21. The van der Waals surface area contributed by atoms with E-state index in [4.69, 9.17) is 0 Å². The summed E-state index contributed by atoms with van der Waals surface area (Å²) in [5, 5.41) is 9.77. The van der Waals surface area contributed by atoms with Crippen LogP contribution in [0.4, 0.5) is 20.2 Å². The minimum atomic E-state index is -4.70. The van der Waals surface area contributed by atoms with E-state index in [1.54, 1.807) is 12.1 Å². The molecule has 45 heavy (non-hydrogen) atoms. The average molecular weight is 642 g/mol. The van der Waals surface area contributed by atoms with Crippen LogP contribution in [0.1, 0.15) is 62.3 Å². The number of aliphatic hydroxyl groups excluding tert-OH is 1.